The molecule has 0 aromatic heterocycles. The summed E-state index contributed by atoms with van der Waals surface area (Å²) in [4.78, 5) is 26.2. The van der Waals surface area contributed by atoms with Crippen molar-refractivity contribution in [1.29, 1.82) is 0 Å². The van der Waals surface area contributed by atoms with Gasteiger partial charge in [0.1, 0.15) is 0 Å². The van der Waals surface area contributed by atoms with Crippen molar-refractivity contribution in [3.8, 4) is 0 Å². The normalized spacial score (nSPS) is 20.0. The number of rotatable bonds is 7. The van der Waals surface area contributed by atoms with Gasteiger partial charge in [0.2, 0.25) is 21.8 Å². The Labute approximate surface area is 179 Å². The van der Waals surface area contributed by atoms with Crippen LogP contribution in [-0.4, -0.2) is 50.3 Å². The predicted molar refractivity (Wildman–Crippen MR) is 118 cm³/mol. The smallest absolute Gasteiger partial charge is 0.239 e. The summed E-state index contributed by atoms with van der Waals surface area (Å²) in [5.41, 5.74) is 1.75. The molecule has 1 heterocycles. The number of anilines is 2. The van der Waals surface area contributed by atoms with Gasteiger partial charge in [0.25, 0.3) is 0 Å². The van der Waals surface area contributed by atoms with Crippen molar-refractivity contribution >= 4 is 33.2 Å². The maximum absolute atomic E-state index is 12.1. The molecule has 168 valence electrons. The fourth-order valence-corrected chi connectivity index (χ4v) is 3.84. The summed E-state index contributed by atoms with van der Waals surface area (Å²) in [6, 6.07) is 7.62. The molecule has 2 atom stereocenters. The van der Waals surface area contributed by atoms with E-state index in [9.17, 15) is 18.0 Å². The molecule has 1 fully saturated rings. The van der Waals surface area contributed by atoms with Gasteiger partial charge in [-0.3, -0.25) is 14.3 Å². The zero-order chi connectivity index (χ0) is 22.5. The Bertz CT molecular complexity index is 836. The number of hydrogen-bond donors (Lipinski definition) is 2. The molecule has 1 aliphatic rings. The number of nitrogens with zero attached hydrogens (tertiary/aromatic N) is 1. The van der Waals surface area contributed by atoms with Gasteiger partial charge < -0.3 is 15.0 Å². The fourth-order valence-electron chi connectivity index (χ4n) is 3.13. The average molecular weight is 440 g/mol. The van der Waals surface area contributed by atoms with Crippen LogP contribution in [0.15, 0.2) is 24.3 Å². The predicted octanol–water partition coefficient (Wildman–Crippen LogP) is 2.65. The second kappa shape index (κ2) is 9.78. The molecule has 1 saturated heterocycles. The average Bonchev–Trinajstić information content (AvgIpc) is 2.60. The molecule has 9 heteroatoms. The Morgan fingerprint density at radius 3 is 2.10 bits per heavy atom. The maximum Gasteiger partial charge on any atom is 0.239 e. The Morgan fingerprint density at radius 1 is 1.03 bits per heavy atom. The zero-order valence-corrected chi connectivity index (χ0v) is 19.2. The van der Waals surface area contributed by atoms with E-state index in [1.54, 1.807) is 0 Å². The summed E-state index contributed by atoms with van der Waals surface area (Å²) in [5, 5.41) is 2.80. The van der Waals surface area contributed by atoms with Crippen LogP contribution in [0, 0.1) is 0 Å². The van der Waals surface area contributed by atoms with Crippen LogP contribution in [0.25, 0.3) is 0 Å². The molecule has 2 unspecified atom stereocenters. The SMILES string of the molecule is CC1CN(c2ccc(NC(=O)CCCC(=O)NS(=O)(=O)C(C)(C)C)cc2)CC(C)O1. The van der Waals surface area contributed by atoms with Gasteiger partial charge in [-0.05, 0) is 65.3 Å². The van der Waals surface area contributed by atoms with Crippen molar-refractivity contribution in [2.24, 2.45) is 0 Å². The number of ether oxygens (including phenoxy) is 1. The topological polar surface area (TPSA) is 105 Å². The Kier molecular flexibility index (Phi) is 7.87. The van der Waals surface area contributed by atoms with Gasteiger partial charge in [0, 0.05) is 37.3 Å². The molecule has 2 rings (SSSR count). The van der Waals surface area contributed by atoms with Crippen LogP contribution in [0.2, 0.25) is 0 Å². The number of hydrogen-bond acceptors (Lipinski definition) is 6. The summed E-state index contributed by atoms with van der Waals surface area (Å²) >= 11 is 0. The summed E-state index contributed by atoms with van der Waals surface area (Å²) in [5.74, 6) is -0.820. The van der Waals surface area contributed by atoms with Crippen LogP contribution in [0.5, 0.6) is 0 Å². The Hall–Kier alpha value is -2.13. The van der Waals surface area contributed by atoms with Crippen LogP contribution >= 0.6 is 0 Å². The van der Waals surface area contributed by atoms with E-state index >= 15 is 0 Å². The number of amides is 2. The van der Waals surface area contributed by atoms with Gasteiger partial charge in [0.15, 0.2) is 0 Å². The minimum Gasteiger partial charge on any atom is -0.372 e. The number of nitrogens with one attached hydrogen (secondary N) is 2. The highest BCUT2D eigenvalue weighted by Crippen LogP contribution is 2.22. The molecule has 0 saturated carbocycles. The number of benzene rings is 1. The van der Waals surface area contributed by atoms with Gasteiger partial charge in [-0.1, -0.05) is 0 Å². The Morgan fingerprint density at radius 2 is 1.57 bits per heavy atom. The highest BCUT2D eigenvalue weighted by Gasteiger charge is 2.30. The van der Waals surface area contributed by atoms with Crippen molar-refractivity contribution in [1.82, 2.24) is 4.72 Å². The lowest BCUT2D eigenvalue weighted by Gasteiger charge is -2.36. The number of carbonyl (C=O) groups excluding carboxylic acids is 2. The van der Waals surface area contributed by atoms with Gasteiger partial charge in [-0.15, -0.1) is 0 Å². The zero-order valence-electron chi connectivity index (χ0n) is 18.4. The molecule has 30 heavy (non-hydrogen) atoms. The van der Waals surface area contributed by atoms with Gasteiger partial charge in [0.05, 0.1) is 17.0 Å². The van der Waals surface area contributed by atoms with Crippen LogP contribution in [0.3, 0.4) is 0 Å². The summed E-state index contributed by atoms with van der Waals surface area (Å²) < 4.78 is 30.7. The van der Waals surface area contributed by atoms with E-state index in [4.69, 9.17) is 4.74 Å². The third kappa shape index (κ3) is 6.98. The van der Waals surface area contributed by atoms with Crippen molar-refractivity contribution in [3.05, 3.63) is 24.3 Å². The summed E-state index contributed by atoms with van der Waals surface area (Å²) in [6.07, 6.45) is 0.699. The molecule has 1 aliphatic heterocycles. The highest BCUT2D eigenvalue weighted by atomic mass is 32.2. The molecule has 0 aliphatic carbocycles. The lowest BCUT2D eigenvalue weighted by Crippen LogP contribution is -2.45. The van der Waals surface area contributed by atoms with Crippen molar-refractivity contribution in [2.75, 3.05) is 23.3 Å². The number of sulfonamides is 1. The molecule has 0 spiro atoms. The van der Waals surface area contributed by atoms with Crippen LogP contribution in [0.1, 0.15) is 53.9 Å². The molecular weight excluding hydrogens is 406 g/mol. The van der Waals surface area contributed by atoms with Crippen molar-refractivity contribution < 1.29 is 22.7 Å². The maximum atomic E-state index is 12.1. The molecular formula is C21H33N3O5S. The molecule has 0 radical (unpaired) electrons. The number of morpholine rings is 1. The Balaban J connectivity index is 1.78. The third-order valence-electron chi connectivity index (χ3n) is 4.80. The standard InChI is InChI=1S/C21H33N3O5S/c1-15-13-24(14-16(2)29-15)18-11-9-17(10-12-18)22-19(25)7-6-8-20(26)23-30(27,28)21(3,4)5/h9-12,15-16H,6-8,13-14H2,1-5H3,(H,22,25)(H,23,26). The molecule has 0 bridgehead atoms. The van der Waals surface area contributed by atoms with Crippen molar-refractivity contribution in [2.45, 2.75) is 70.8 Å². The molecule has 2 N–H and O–H groups in total. The quantitative estimate of drug-likeness (QED) is 0.677. The van der Waals surface area contributed by atoms with Gasteiger partial charge >= 0.3 is 0 Å². The first kappa shape index (κ1) is 24.1. The van der Waals surface area contributed by atoms with Gasteiger partial charge in [-0.25, -0.2) is 8.42 Å². The van der Waals surface area contributed by atoms with E-state index in [2.05, 4.69) is 28.8 Å². The first-order valence-corrected chi connectivity index (χ1v) is 11.7. The van der Waals surface area contributed by atoms with E-state index in [0.29, 0.717) is 5.69 Å². The van der Waals surface area contributed by atoms with Gasteiger partial charge in [-0.2, -0.15) is 0 Å². The van der Waals surface area contributed by atoms with E-state index in [-0.39, 0.29) is 37.4 Å². The van der Waals surface area contributed by atoms with Crippen LogP contribution in [-0.2, 0) is 24.3 Å². The second-order valence-corrected chi connectivity index (χ2v) is 11.2. The second-order valence-electron chi connectivity index (χ2n) is 8.75. The molecule has 1 aromatic rings. The minimum atomic E-state index is -3.73. The number of carbonyl (C=O) groups is 2. The van der Waals surface area contributed by atoms with E-state index in [1.165, 1.54) is 20.8 Å². The third-order valence-corrected chi connectivity index (χ3v) is 6.91. The summed E-state index contributed by atoms with van der Waals surface area (Å²) in [7, 11) is -3.73. The van der Waals surface area contributed by atoms with Crippen LogP contribution < -0.4 is 14.9 Å². The van der Waals surface area contributed by atoms with E-state index in [0.717, 1.165) is 18.8 Å². The lowest BCUT2D eigenvalue weighted by atomic mass is 10.2. The molecule has 8 nitrogen and oxygen atoms in total. The largest absolute Gasteiger partial charge is 0.372 e. The minimum absolute atomic E-state index is 0.0327. The fraction of sp³-hybridized carbons (Fsp3) is 0.619. The van der Waals surface area contributed by atoms with Crippen LogP contribution in [0.4, 0.5) is 11.4 Å². The molecule has 1 aromatic carbocycles. The summed E-state index contributed by atoms with van der Waals surface area (Å²) in [6.45, 7) is 10.3. The van der Waals surface area contributed by atoms with Crippen molar-refractivity contribution in [3.63, 3.8) is 0 Å². The van der Waals surface area contributed by atoms with E-state index < -0.39 is 20.7 Å². The first-order chi connectivity index (χ1) is 13.9. The lowest BCUT2D eigenvalue weighted by molar-refractivity contribution is -0.119. The van der Waals surface area contributed by atoms with E-state index in [1.807, 2.05) is 24.3 Å². The highest BCUT2D eigenvalue weighted by molar-refractivity contribution is 7.91. The first-order valence-electron chi connectivity index (χ1n) is 10.2. The molecule has 2 amide bonds. The monoisotopic (exact) mass is 439 g/mol.